The second-order valence-corrected chi connectivity index (χ2v) is 8.55. The third-order valence-electron chi connectivity index (χ3n) is 6.48. The first-order valence-corrected chi connectivity index (χ1v) is 11.8. The number of nitrogens with one attached hydrogen (secondary N) is 2. The Morgan fingerprint density at radius 1 is 1.09 bits per heavy atom. The van der Waals surface area contributed by atoms with E-state index in [1.807, 2.05) is 30.1 Å². The highest BCUT2D eigenvalue weighted by molar-refractivity contribution is 5.98. The van der Waals surface area contributed by atoms with Crippen LogP contribution in [0.1, 0.15) is 28.8 Å². The van der Waals surface area contributed by atoms with Crippen molar-refractivity contribution < 1.29 is 14.4 Å². The van der Waals surface area contributed by atoms with Gasteiger partial charge in [-0.3, -0.25) is 24.4 Å². The van der Waals surface area contributed by atoms with Crippen LogP contribution < -0.4 is 10.6 Å². The lowest BCUT2D eigenvalue weighted by atomic mass is 10.0. The normalized spacial score (nSPS) is 13.9. The van der Waals surface area contributed by atoms with Crippen LogP contribution in [0.4, 0.5) is 5.69 Å². The van der Waals surface area contributed by atoms with Gasteiger partial charge in [0.05, 0.1) is 17.6 Å². The van der Waals surface area contributed by atoms with Gasteiger partial charge in [-0.1, -0.05) is 18.2 Å². The third kappa shape index (κ3) is 5.92. The predicted molar refractivity (Wildman–Crippen MR) is 134 cm³/mol. The summed E-state index contributed by atoms with van der Waals surface area (Å²) in [4.78, 5) is 48.9. The number of rotatable bonds is 9. The smallest absolute Gasteiger partial charge is 0.251 e. The van der Waals surface area contributed by atoms with Crippen LogP contribution in [0.2, 0.25) is 0 Å². The van der Waals surface area contributed by atoms with E-state index in [1.165, 1.54) is 5.56 Å². The number of nitrogens with zero attached hydrogens (tertiary/aromatic N) is 4. The Hall–Kier alpha value is -4.01. The van der Waals surface area contributed by atoms with Crippen molar-refractivity contribution in [1.29, 1.82) is 0 Å². The average Bonchev–Trinajstić information content (AvgIpc) is 2.92. The van der Waals surface area contributed by atoms with Crippen LogP contribution in [-0.2, 0) is 16.0 Å². The van der Waals surface area contributed by atoms with E-state index in [0.717, 1.165) is 31.4 Å². The number of anilines is 1. The summed E-state index contributed by atoms with van der Waals surface area (Å²) in [5, 5.41) is 5.89. The van der Waals surface area contributed by atoms with Crippen molar-refractivity contribution in [3.8, 4) is 0 Å². The van der Waals surface area contributed by atoms with E-state index in [2.05, 4.69) is 26.7 Å². The van der Waals surface area contributed by atoms with Crippen LogP contribution in [0.5, 0.6) is 0 Å². The second-order valence-electron chi connectivity index (χ2n) is 8.55. The van der Waals surface area contributed by atoms with Gasteiger partial charge < -0.3 is 20.4 Å². The van der Waals surface area contributed by atoms with E-state index >= 15 is 0 Å². The van der Waals surface area contributed by atoms with Gasteiger partial charge in [0.1, 0.15) is 0 Å². The molecule has 2 N–H and O–H groups in total. The van der Waals surface area contributed by atoms with Crippen molar-refractivity contribution in [2.75, 3.05) is 38.5 Å². The molecule has 2 aromatic carbocycles. The van der Waals surface area contributed by atoms with Gasteiger partial charge >= 0.3 is 0 Å². The van der Waals surface area contributed by atoms with Gasteiger partial charge in [-0.05, 0) is 49.1 Å². The predicted octanol–water partition coefficient (Wildman–Crippen LogP) is 2.09. The molecule has 0 atom stereocenters. The van der Waals surface area contributed by atoms with Crippen LogP contribution in [0.25, 0.3) is 11.0 Å². The molecule has 4 rings (SSSR count). The maximum Gasteiger partial charge on any atom is 0.251 e. The largest absolute Gasteiger partial charge is 0.388 e. The number of likely N-dealkylation sites (tertiary alicyclic amines) is 1. The van der Waals surface area contributed by atoms with Crippen LogP contribution in [0, 0.1) is 0 Å². The zero-order valence-corrected chi connectivity index (χ0v) is 19.8. The number of piperidine rings is 1. The molecule has 1 aliphatic heterocycles. The minimum atomic E-state index is -0.324. The van der Waals surface area contributed by atoms with E-state index in [4.69, 9.17) is 0 Å². The van der Waals surface area contributed by atoms with Crippen molar-refractivity contribution in [1.82, 2.24) is 25.1 Å². The van der Waals surface area contributed by atoms with Crippen molar-refractivity contribution in [3.63, 3.8) is 0 Å². The standard InChI is InChI=1S/C26H30N6O3/c1-27-22-5-3-2-4-19(22)8-13-32(18-33)21-9-14-31(15-10-21)25(34)17-30-26(35)20-6-7-23-24(16-20)29-12-11-28-23/h2-7,11-12,16,18,21,27H,8-10,13-15,17H2,1H3,(H,30,35). The van der Waals surface area contributed by atoms with Gasteiger partial charge in [0.15, 0.2) is 0 Å². The van der Waals surface area contributed by atoms with Gasteiger partial charge in [0.2, 0.25) is 12.3 Å². The van der Waals surface area contributed by atoms with Crippen LogP contribution >= 0.6 is 0 Å². The SMILES string of the molecule is CNc1ccccc1CCN(C=O)C1CCN(C(=O)CNC(=O)c2ccc3nccnc3c2)CC1. The number of hydrogen-bond acceptors (Lipinski definition) is 6. The number of amides is 3. The molecule has 3 amide bonds. The van der Waals surface area contributed by atoms with Crippen molar-refractivity contribution in [3.05, 3.63) is 66.0 Å². The zero-order chi connectivity index (χ0) is 24.6. The molecule has 1 saturated heterocycles. The van der Waals surface area contributed by atoms with Gasteiger partial charge in [-0.15, -0.1) is 0 Å². The topological polar surface area (TPSA) is 108 Å². The molecular formula is C26H30N6O3. The number of benzene rings is 2. The van der Waals surface area contributed by atoms with E-state index in [-0.39, 0.29) is 24.4 Å². The molecule has 3 aromatic rings. The molecule has 9 nitrogen and oxygen atoms in total. The lowest BCUT2D eigenvalue weighted by Crippen LogP contribution is -2.49. The lowest BCUT2D eigenvalue weighted by Gasteiger charge is -2.37. The fraction of sp³-hybridized carbons (Fsp3) is 0.346. The molecule has 182 valence electrons. The molecule has 1 aliphatic rings. The molecule has 1 aromatic heterocycles. The fourth-order valence-corrected chi connectivity index (χ4v) is 4.47. The fourth-order valence-electron chi connectivity index (χ4n) is 4.47. The Morgan fingerprint density at radius 3 is 2.57 bits per heavy atom. The maximum absolute atomic E-state index is 12.7. The summed E-state index contributed by atoms with van der Waals surface area (Å²) in [7, 11) is 1.89. The van der Waals surface area contributed by atoms with Crippen molar-refractivity contribution >= 4 is 34.9 Å². The summed E-state index contributed by atoms with van der Waals surface area (Å²) in [5.74, 6) is -0.451. The number of para-hydroxylation sites is 1. The molecular weight excluding hydrogens is 444 g/mol. The molecule has 0 unspecified atom stereocenters. The van der Waals surface area contributed by atoms with Crippen molar-refractivity contribution in [2.24, 2.45) is 0 Å². The maximum atomic E-state index is 12.7. The minimum absolute atomic E-state index is 0.0692. The number of hydrogen-bond donors (Lipinski definition) is 2. The van der Waals surface area contributed by atoms with Gasteiger partial charge in [-0.2, -0.15) is 0 Å². The summed E-state index contributed by atoms with van der Waals surface area (Å²) >= 11 is 0. The van der Waals surface area contributed by atoms with E-state index < -0.39 is 0 Å². The summed E-state index contributed by atoms with van der Waals surface area (Å²) in [5.41, 5.74) is 4.01. The molecule has 2 heterocycles. The van der Waals surface area contributed by atoms with Crippen LogP contribution in [0.15, 0.2) is 54.9 Å². The Morgan fingerprint density at radius 2 is 1.83 bits per heavy atom. The van der Waals surface area contributed by atoms with Crippen molar-refractivity contribution in [2.45, 2.75) is 25.3 Å². The molecule has 0 saturated carbocycles. The third-order valence-corrected chi connectivity index (χ3v) is 6.48. The first-order valence-electron chi connectivity index (χ1n) is 11.8. The molecule has 1 fully saturated rings. The van der Waals surface area contributed by atoms with Gasteiger partial charge in [0.25, 0.3) is 5.91 Å². The Kier molecular flexibility index (Phi) is 7.87. The molecule has 0 radical (unpaired) electrons. The molecule has 9 heteroatoms. The highest BCUT2D eigenvalue weighted by Gasteiger charge is 2.26. The molecule has 0 bridgehead atoms. The van der Waals surface area contributed by atoms with Crippen LogP contribution in [-0.4, -0.2) is 77.3 Å². The molecule has 35 heavy (non-hydrogen) atoms. The Bertz CT molecular complexity index is 1190. The summed E-state index contributed by atoms with van der Waals surface area (Å²) < 4.78 is 0. The summed E-state index contributed by atoms with van der Waals surface area (Å²) in [6.07, 6.45) is 6.29. The highest BCUT2D eigenvalue weighted by Crippen LogP contribution is 2.19. The first-order chi connectivity index (χ1) is 17.1. The first kappa shape index (κ1) is 24.1. The van der Waals surface area contributed by atoms with E-state index in [9.17, 15) is 14.4 Å². The minimum Gasteiger partial charge on any atom is -0.388 e. The second kappa shape index (κ2) is 11.4. The lowest BCUT2D eigenvalue weighted by molar-refractivity contribution is -0.132. The number of fused-ring (bicyclic) bond motifs is 1. The number of carbonyl (C=O) groups excluding carboxylic acids is 3. The highest BCUT2D eigenvalue weighted by atomic mass is 16.2. The molecule has 0 aliphatic carbocycles. The Balaban J connectivity index is 1.24. The Labute approximate surface area is 204 Å². The van der Waals surface area contributed by atoms with E-state index in [1.54, 1.807) is 35.5 Å². The zero-order valence-electron chi connectivity index (χ0n) is 19.8. The number of carbonyl (C=O) groups is 3. The monoisotopic (exact) mass is 474 g/mol. The van der Waals surface area contributed by atoms with Gasteiger partial charge in [0, 0.05) is 56.4 Å². The van der Waals surface area contributed by atoms with Crippen LogP contribution in [0.3, 0.4) is 0 Å². The average molecular weight is 475 g/mol. The summed E-state index contributed by atoms with van der Waals surface area (Å²) in [6, 6.07) is 13.2. The van der Waals surface area contributed by atoms with Gasteiger partial charge in [-0.25, -0.2) is 0 Å². The quantitative estimate of drug-likeness (QED) is 0.460. The number of aromatic nitrogens is 2. The summed E-state index contributed by atoms with van der Waals surface area (Å²) in [6.45, 7) is 1.68. The van der Waals surface area contributed by atoms with E-state index in [0.29, 0.717) is 36.2 Å². The molecule has 0 spiro atoms.